The maximum atomic E-state index is 11.4. The first-order valence-corrected chi connectivity index (χ1v) is 6.57. The molecule has 5 heteroatoms. The molecule has 102 valence electrons. The molecule has 0 aromatic carbocycles. The Balaban J connectivity index is 3.52. The predicted octanol–water partition coefficient (Wildman–Crippen LogP) is -0.399. The van der Waals surface area contributed by atoms with Crippen molar-refractivity contribution in [1.82, 2.24) is 10.6 Å². The SMILES string of the molecule is CC(=O)C(CCCNCCCN)NCCCN. The molecule has 0 aliphatic rings. The Morgan fingerprint density at radius 3 is 2.24 bits per heavy atom. The molecule has 0 spiro atoms. The van der Waals surface area contributed by atoms with Crippen LogP contribution in [0, 0.1) is 0 Å². The van der Waals surface area contributed by atoms with Crippen LogP contribution in [0.1, 0.15) is 32.6 Å². The van der Waals surface area contributed by atoms with Gasteiger partial charge in [-0.25, -0.2) is 0 Å². The summed E-state index contributed by atoms with van der Waals surface area (Å²) in [7, 11) is 0. The number of hydrogen-bond donors (Lipinski definition) is 4. The van der Waals surface area contributed by atoms with Gasteiger partial charge in [0.1, 0.15) is 5.78 Å². The molecule has 0 aliphatic heterocycles. The van der Waals surface area contributed by atoms with E-state index in [1.165, 1.54) is 0 Å². The Labute approximate surface area is 105 Å². The highest BCUT2D eigenvalue weighted by Crippen LogP contribution is 1.98. The van der Waals surface area contributed by atoms with Crippen molar-refractivity contribution in [3.63, 3.8) is 0 Å². The van der Waals surface area contributed by atoms with Gasteiger partial charge >= 0.3 is 0 Å². The molecule has 0 aliphatic carbocycles. The molecule has 0 rings (SSSR count). The van der Waals surface area contributed by atoms with E-state index in [9.17, 15) is 4.79 Å². The zero-order valence-corrected chi connectivity index (χ0v) is 11.0. The third-order valence-electron chi connectivity index (χ3n) is 2.67. The number of hydrogen-bond acceptors (Lipinski definition) is 5. The number of nitrogens with one attached hydrogen (secondary N) is 2. The number of carbonyl (C=O) groups is 1. The van der Waals surface area contributed by atoms with Gasteiger partial charge in [0, 0.05) is 0 Å². The molecule has 0 fully saturated rings. The van der Waals surface area contributed by atoms with Gasteiger partial charge in [0.25, 0.3) is 0 Å². The van der Waals surface area contributed by atoms with Crippen LogP contribution in [0.25, 0.3) is 0 Å². The summed E-state index contributed by atoms with van der Waals surface area (Å²) in [5.41, 5.74) is 10.8. The second kappa shape index (κ2) is 12.0. The predicted molar refractivity (Wildman–Crippen MR) is 71.9 cm³/mol. The van der Waals surface area contributed by atoms with Crippen molar-refractivity contribution >= 4 is 5.78 Å². The van der Waals surface area contributed by atoms with Crippen LogP contribution in [-0.2, 0) is 4.79 Å². The molecule has 0 amide bonds. The maximum absolute atomic E-state index is 11.4. The standard InChI is InChI=1S/C12H28N4O/c1-11(17)12(16-10-4-7-14)5-2-8-15-9-3-6-13/h12,15-16H,2-10,13-14H2,1H3. The van der Waals surface area contributed by atoms with Gasteiger partial charge in [-0.1, -0.05) is 0 Å². The summed E-state index contributed by atoms with van der Waals surface area (Å²) in [6.45, 7) is 5.76. The van der Waals surface area contributed by atoms with E-state index in [1.54, 1.807) is 6.92 Å². The van der Waals surface area contributed by atoms with Gasteiger partial charge in [-0.05, 0) is 65.3 Å². The first-order valence-electron chi connectivity index (χ1n) is 6.57. The van der Waals surface area contributed by atoms with Crippen LogP contribution in [0.15, 0.2) is 0 Å². The van der Waals surface area contributed by atoms with Crippen molar-refractivity contribution < 1.29 is 4.79 Å². The van der Waals surface area contributed by atoms with Crippen LogP contribution in [0.5, 0.6) is 0 Å². The minimum absolute atomic E-state index is 0.0159. The molecule has 0 radical (unpaired) electrons. The van der Waals surface area contributed by atoms with Gasteiger partial charge in [-0.2, -0.15) is 0 Å². The average molecular weight is 244 g/mol. The van der Waals surface area contributed by atoms with E-state index in [1.807, 2.05) is 0 Å². The second-order valence-corrected chi connectivity index (χ2v) is 4.29. The average Bonchev–Trinajstić information content (AvgIpc) is 2.31. The Morgan fingerprint density at radius 2 is 1.65 bits per heavy atom. The molecule has 0 saturated carbocycles. The lowest BCUT2D eigenvalue weighted by molar-refractivity contribution is -0.119. The molecule has 1 atom stereocenters. The van der Waals surface area contributed by atoms with Crippen LogP contribution in [-0.4, -0.2) is 44.5 Å². The van der Waals surface area contributed by atoms with Crippen LogP contribution in [0.3, 0.4) is 0 Å². The maximum Gasteiger partial charge on any atom is 0.146 e. The third-order valence-corrected chi connectivity index (χ3v) is 2.67. The molecular weight excluding hydrogens is 216 g/mol. The highest BCUT2D eigenvalue weighted by atomic mass is 16.1. The summed E-state index contributed by atoms with van der Waals surface area (Å²) >= 11 is 0. The normalized spacial score (nSPS) is 12.6. The Kier molecular flexibility index (Phi) is 11.6. The lowest BCUT2D eigenvalue weighted by Gasteiger charge is -2.15. The van der Waals surface area contributed by atoms with Gasteiger partial charge in [-0.15, -0.1) is 0 Å². The van der Waals surface area contributed by atoms with E-state index < -0.39 is 0 Å². The minimum Gasteiger partial charge on any atom is -0.330 e. The number of ketones is 1. The molecule has 0 aromatic rings. The third kappa shape index (κ3) is 10.4. The van der Waals surface area contributed by atoms with Gasteiger partial charge < -0.3 is 22.1 Å². The Morgan fingerprint density at radius 1 is 1.06 bits per heavy atom. The molecular formula is C12H28N4O. The summed E-state index contributed by atoms with van der Waals surface area (Å²) in [5.74, 6) is 0.212. The molecule has 1 unspecified atom stereocenters. The first-order chi connectivity index (χ1) is 8.22. The van der Waals surface area contributed by atoms with E-state index in [4.69, 9.17) is 11.5 Å². The lowest BCUT2D eigenvalue weighted by Crippen LogP contribution is -2.37. The van der Waals surface area contributed by atoms with Crippen molar-refractivity contribution in [3.8, 4) is 0 Å². The molecule has 0 saturated heterocycles. The molecule has 17 heavy (non-hydrogen) atoms. The van der Waals surface area contributed by atoms with E-state index in [2.05, 4.69) is 10.6 Å². The van der Waals surface area contributed by atoms with Gasteiger partial charge in [0.15, 0.2) is 0 Å². The number of rotatable bonds is 12. The molecule has 0 heterocycles. The highest BCUT2D eigenvalue weighted by Gasteiger charge is 2.11. The van der Waals surface area contributed by atoms with Crippen molar-refractivity contribution in [2.45, 2.75) is 38.6 Å². The Hall–Kier alpha value is -0.490. The van der Waals surface area contributed by atoms with Gasteiger partial charge in [-0.3, -0.25) is 4.79 Å². The largest absolute Gasteiger partial charge is 0.330 e. The number of carbonyl (C=O) groups excluding carboxylic acids is 1. The van der Waals surface area contributed by atoms with Crippen molar-refractivity contribution in [2.75, 3.05) is 32.7 Å². The summed E-state index contributed by atoms with van der Waals surface area (Å²) in [5, 5.41) is 6.55. The smallest absolute Gasteiger partial charge is 0.146 e. The topological polar surface area (TPSA) is 93.2 Å². The van der Waals surface area contributed by atoms with Crippen molar-refractivity contribution in [2.24, 2.45) is 11.5 Å². The zero-order valence-electron chi connectivity index (χ0n) is 11.0. The van der Waals surface area contributed by atoms with E-state index in [0.717, 1.165) is 51.9 Å². The van der Waals surface area contributed by atoms with Gasteiger partial charge in [0.05, 0.1) is 6.04 Å². The molecule has 5 nitrogen and oxygen atoms in total. The Bertz CT molecular complexity index is 187. The van der Waals surface area contributed by atoms with Gasteiger partial charge in [0.2, 0.25) is 0 Å². The first kappa shape index (κ1) is 16.5. The summed E-state index contributed by atoms with van der Waals surface area (Å²) in [6.07, 6.45) is 3.81. The van der Waals surface area contributed by atoms with Crippen LogP contribution in [0.4, 0.5) is 0 Å². The fraction of sp³-hybridized carbons (Fsp3) is 0.917. The van der Waals surface area contributed by atoms with Crippen LogP contribution < -0.4 is 22.1 Å². The van der Waals surface area contributed by atoms with Crippen LogP contribution >= 0.6 is 0 Å². The minimum atomic E-state index is -0.0159. The summed E-state index contributed by atoms with van der Waals surface area (Å²) in [4.78, 5) is 11.4. The fourth-order valence-electron chi connectivity index (χ4n) is 1.61. The number of nitrogens with two attached hydrogens (primary N) is 2. The summed E-state index contributed by atoms with van der Waals surface area (Å²) in [6, 6.07) is -0.0159. The monoisotopic (exact) mass is 244 g/mol. The van der Waals surface area contributed by atoms with E-state index >= 15 is 0 Å². The van der Waals surface area contributed by atoms with Crippen molar-refractivity contribution in [3.05, 3.63) is 0 Å². The van der Waals surface area contributed by atoms with Crippen LogP contribution in [0.2, 0.25) is 0 Å². The highest BCUT2D eigenvalue weighted by molar-refractivity contribution is 5.81. The summed E-state index contributed by atoms with van der Waals surface area (Å²) < 4.78 is 0. The molecule has 0 bridgehead atoms. The lowest BCUT2D eigenvalue weighted by atomic mass is 10.1. The second-order valence-electron chi connectivity index (χ2n) is 4.29. The number of Topliss-reactive ketones (excluding diaryl/α,β-unsaturated/α-hetero) is 1. The quantitative estimate of drug-likeness (QED) is 0.351. The van der Waals surface area contributed by atoms with E-state index in [0.29, 0.717) is 6.54 Å². The molecule has 6 N–H and O–H groups in total. The van der Waals surface area contributed by atoms with Crippen molar-refractivity contribution in [1.29, 1.82) is 0 Å². The molecule has 0 aromatic heterocycles. The van der Waals surface area contributed by atoms with E-state index in [-0.39, 0.29) is 11.8 Å². The zero-order chi connectivity index (χ0) is 12.9. The fourth-order valence-corrected chi connectivity index (χ4v) is 1.61.